The largest absolute Gasteiger partial charge is 0.348 e. The van der Waals surface area contributed by atoms with Gasteiger partial charge in [0.05, 0.1) is 5.54 Å². The minimum absolute atomic E-state index is 0.140. The van der Waals surface area contributed by atoms with Gasteiger partial charge in [0.15, 0.2) is 0 Å². The molecule has 2 fully saturated rings. The number of hydrogen-bond donors (Lipinski definition) is 3. The van der Waals surface area contributed by atoms with Crippen molar-refractivity contribution in [1.29, 1.82) is 0 Å². The maximum absolute atomic E-state index is 12.5. The van der Waals surface area contributed by atoms with E-state index in [1.54, 1.807) is 6.92 Å². The zero-order valence-corrected chi connectivity index (χ0v) is 13.7. The maximum Gasteiger partial charge on any atom is 0.325 e. The van der Waals surface area contributed by atoms with Gasteiger partial charge in [-0.25, -0.2) is 4.79 Å². The molecule has 0 bridgehead atoms. The molecule has 0 aromatic carbocycles. The molecule has 4 N–H and O–H groups in total. The third kappa shape index (κ3) is 2.82. The predicted molar refractivity (Wildman–Crippen MR) is 81.8 cm³/mol. The molecule has 2 atom stereocenters. The Morgan fingerprint density at radius 2 is 2.09 bits per heavy atom. The van der Waals surface area contributed by atoms with Gasteiger partial charge in [-0.15, -0.1) is 0 Å². The van der Waals surface area contributed by atoms with Crippen LogP contribution in [0.15, 0.2) is 0 Å². The maximum atomic E-state index is 12.5. The Balaban J connectivity index is 2.03. The first-order valence-electron chi connectivity index (χ1n) is 7.79. The lowest BCUT2D eigenvalue weighted by Gasteiger charge is -2.34. The summed E-state index contributed by atoms with van der Waals surface area (Å²) in [6.45, 7) is 7.54. The van der Waals surface area contributed by atoms with E-state index in [1.807, 2.05) is 20.8 Å². The summed E-state index contributed by atoms with van der Waals surface area (Å²) in [5.41, 5.74) is 4.32. The number of amides is 4. The molecular weight excluding hydrogens is 284 g/mol. The summed E-state index contributed by atoms with van der Waals surface area (Å²) < 4.78 is 0. The van der Waals surface area contributed by atoms with Crippen molar-refractivity contribution in [2.75, 3.05) is 13.1 Å². The number of carbonyl (C=O) groups is 3. The number of nitrogens with one attached hydrogen (secondary N) is 2. The second kappa shape index (κ2) is 5.53. The number of urea groups is 1. The quantitative estimate of drug-likeness (QED) is 0.609. The van der Waals surface area contributed by atoms with Crippen molar-refractivity contribution in [3.05, 3.63) is 0 Å². The molecule has 7 heteroatoms. The average Bonchev–Trinajstić information content (AvgIpc) is 3.25. The van der Waals surface area contributed by atoms with Crippen molar-refractivity contribution in [3.63, 3.8) is 0 Å². The third-order valence-corrected chi connectivity index (χ3v) is 5.12. The molecule has 4 amide bonds. The number of hydrogen-bond acceptors (Lipinski definition) is 4. The molecule has 1 aliphatic carbocycles. The van der Waals surface area contributed by atoms with E-state index < -0.39 is 17.1 Å². The Bertz CT molecular complexity index is 503. The number of nitrogens with zero attached hydrogens (tertiary/aromatic N) is 1. The van der Waals surface area contributed by atoms with E-state index in [4.69, 9.17) is 5.73 Å². The lowest BCUT2D eigenvalue weighted by molar-refractivity contribution is -0.135. The molecule has 1 heterocycles. The summed E-state index contributed by atoms with van der Waals surface area (Å²) in [6.07, 6.45) is 1.86. The van der Waals surface area contributed by atoms with E-state index in [0.29, 0.717) is 0 Å². The van der Waals surface area contributed by atoms with Gasteiger partial charge in [-0.05, 0) is 38.5 Å². The lowest BCUT2D eigenvalue weighted by Crippen LogP contribution is -2.57. The van der Waals surface area contributed by atoms with Gasteiger partial charge in [-0.2, -0.15) is 0 Å². The molecule has 1 aliphatic heterocycles. The van der Waals surface area contributed by atoms with E-state index in [0.717, 1.165) is 17.7 Å². The van der Waals surface area contributed by atoms with Crippen LogP contribution in [-0.4, -0.2) is 46.9 Å². The van der Waals surface area contributed by atoms with E-state index >= 15 is 0 Å². The summed E-state index contributed by atoms with van der Waals surface area (Å²) in [5, 5.41) is 5.57. The average molecular weight is 310 g/mol. The smallest absolute Gasteiger partial charge is 0.325 e. The molecule has 2 unspecified atom stereocenters. The number of carbonyl (C=O) groups excluding carboxylic acids is 3. The van der Waals surface area contributed by atoms with Crippen LogP contribution in [0.1, 0.15) is 40.5 Å². The van der Waals surface area contributed by atoms with E-state index in [2.05, 4.69) is 10.6 Å². The minimum atomic E-state index is -0.855. The molecule has 0 radical (unpaired) electrons. The second-order valence-corrected chi connectivity index (χ2v) is 7.12. The summed E-state index contributed by atoms with van der Waals surface area (Å²) >= 11 is 0. The van der Waals surface area contributed by atoms with Gasteiger partial charge in [0, 0.05) is 6.54 Å². The lowest BCUT2D eigenvalue weighted by atomic mass is 9.88. The van der Waals surface area contributed by atoms with E-state index in [1.165, 1.54) is 0 Å². The van der Waals surface area contributed by atoms with Crippen molar-refractivity contribution >= 4 is 17.8 Å². The summed E-state index contributed by atoms with van der Waals surface area (Å²) in [4.78, 5) is 37.7. The highest BCUT2D eigenvalue weighted by Gasteiger charge is 2.56. The fraction of sp³-hybridized carbons (Fsp3) is 0.800. The molecule has 124 valence electrons. The molecule has 0 aromatic heterocycles. The SMILES string of the molecule is CC(C)C(C)(CN)NC(=O)CN1C(=O)NC(C)(C2CC2)C1=O. The molecule has 1 saturated heterocycles. The predicted octanol–water partition coefficient (Wildman–Crippen LogP) is 0.197. The molecule has 22 heavy (non-hydrogen) atoms. The molecule has 1 saturated carbocycles. The first-order valence-corrected chi connectivity index (χ1v) is 7.79. The highest BCUT2D eigenvalue weighted by molar-refractivity contribution is 6.09. The van der Waals surface area contributed by atoms with Crippen LogP contribution >= 0.6 is 0 Å². The summed E-state index contributed by atoms with van der Waals surface area (Å²) in [7, 11) is 0. The van der Waals surface area contributed by atoms with Crippen molar-refractivity contribution < 1.29 is 14.4 Å². The van der Waals surface area contributed by atoms with Gasteiger partial charge in [-0.3, -0.25) is 14.5 Å². The highest BCUT2D eigenvalue weighted by atomic mass is 16.2. The fourth-order valence-electron chi connectivity index (χ4n) is 2.73. The standard InChI is InChI=1S/C15H26N4O3/c1-9(2)14(3,8-16)17-11(20)7-19-12(21)15(4,10-5-6-10)18-13(19)22/h9-10H,5-8,16H2,1-4H3,(H,17,20)(H,18,22). The number of imide groups is 1. The molecule has 2 aliphatic rings. The Labute approximate surface area is 131 Å². The van der Waals surface area contributed by atoms with E-state index in [9.17, 15) is 14.4 Å². The number of rotatable bonds is 6. The summed E-state index contributed by atoms with van der Waals surface area (Å²) in [5.74, 6) is -0.359. The van der Waals surface area contributed by atoms with Crippen LogP contribution in [0.4, 0.5) is 4.79 Å². The van der Waals surface area contributed by atoms with E-state index in [-0.39, 0.29) is 36.7 Å². The zero-order valence-electron chi connectivity index (χ0n) is 13.7. The van der Waals surface area contributed by atoms with Gasteiger partial charge in [0.2, 0.25) is 5.91 Å². The van der Waals surface area contributed by atoms with Crippen molar-refractivity contribution in [2.24, 2.45) is 17.6 Å². The van der Waals surface area contributed by atoms with Gasteiger partial charge < -0.3 is 16.4 Å². The topological polar surface area (TPSA) is 105 Å². The van der Waals surface area contributed by atoms with Crippen LogP contribution < -0.4 is 16.4 Å². The molecule has 0 aromatic rings. The normalized spacial score (nSPS) is 27.8. The zero-order chi connectivity index (χ0) is 16.7. The van der Waals surface area contributed by atoms with Gasteiger partial charge in [0.25, 0.3) is 5.91 Å². The Morgan fingerprint density at radius 3 is 2.55 bits per heavy atom. The van der Waals surface area contributed by atoms with Gasteiger partial charge in [-0.1, -0.05) is 13.8 Å². The second-order valence-electron chi connectivity index (χ2n) is 7.12. The van der Waals surface area contributed by atoms with Gasteiger partial charge in [0.1, 0.15) is 12.1 Å². The van der Waals surface area contributed by atoms with Crippen molar-refractivity contribution in [3.8, 4) is 0 Å². The Kier molecular flexibility index (Phi) is 4.21. The third-order valence-electron chi connectivity index (χ3n) is 5.12. The summed E-state index contributed by atoms with van der Waals surface area (Å²) in [6, 6.07) is -0.492. The highest BCUT2D eigenvalue weighted by Crippen LogP contribution is 2.42. The van der Waals surface area contributed by atoms with Crippen LogP contribution in [0.2, 0.25) is 0 Å². The van der Waals surface area contributed by atoms with Crippen LogP contribution in [0.5, 0.6) is 0 Å². The Morgan fingerprint density at radius 1 is 1.50 bits per heavy atom. The Hall–Kier alpha value is -1.63. The van der Waals surface area contributed by atoms with Gasteiger partial charge >= 0.3 is 6.03 Å². The molecule has 7 nitrogen and oxygen atoms in total. The fourth-order valence-corrected chi connectivity index (χ4v) is 2.73. The first kappa shape index (κ1) is 16.7. The molecular formula is C15H26N4O3. The first-order chi connectivity index (χ1) is 10.1. The monoisotopic (exact) mass is 310 g/mol. The van der Waals surface area contributed by atoms with Crippen molar-refractivity contribution in [2.45, 2.75) is 51.6 Å². The molecule has 2 rings (SSSR count). The van der Waals surface area contributed by atoms with Crippen LogP contribution in [0, 0.1) is 11.8 Å². The molecule has 0 spiro atoms. The van der Waals surface area contributed by atoms with Crippen molar-refractivity contribution in [1.82, 2.24) is 15.5 Å². The van der Waals surface area contributed by atoms with Crippen LogP contribution in [0.25, 0.3) is 0 Å². The number of nitrogens with two attached hydrogens (primary N) is 1. The minimum Gasteiger partial charge on any atom is -0.348 e. The van der Waals surface area contributed by atoms with Crippen LogP contribution in [0.3, 0.4) is 0 Å². The van der Waals surface area contributed by atoms with Crippen LogP contribution in [-0.2, 0) is 9.59 Å².